The second-order valence-electron chi connectivity index (χ2n) is 9.39. The van der Waals surface area contributed by atoms with Gasteiger partial charge in [-0.05, 0) is 12.8 Å². The van der Waals surface area contributed by atoms with E-state index in [0.29, 0.717) is 0 Å². The van der Waals surface area contributed by atoms with Crippen LogP contribution in [-0.4, -0.2) is 13.2 Å². The molecule has 0 rings (SSSR count). The van der Waals surface area contributed by atoms with Gasteiger partial charge in [-0.3, -0.25) is 0 Å². The van der Waals surface area contributed by atoms with Crippen LogP contribution in [0.1, 0.15) is 169 Å². The molecular weight excluding hydrogens is 399 g/mol. The van der Waals surface area contributed by atoms with Gasteiger partial charge in [0.1, 0.15) is 0 Å². The summed E-state index contributed by atoms with van der Waals surface area (Å²) in [5.41, 5.74) is 0. The van der Waals surface area contributed by atoms with E-state index < -0.39 is 0 Å². The number of ether oxygens (including phenoxy) is 1. The quantitative estimate of drug-likeness (QED) is 0.0713. The van der Waals surface area contributed by atoms with E-state index in [-0.39, 0.29) is 31.0 Å². The van der Waals surface area contributed by atoms with E-state index in [2.05, 4.69) is 27.0 Å². The Balaban J connectivity index is -0.00000102. The van der Waals surface area contributed by atoms with E-state index in [1.807, 2.05) is 0 Å². The molecule has 0 aliphatic carbocycles. The first-order valence-corrected chi connectivity index (χ1v) is 14.5. The molecule has 0 fully saturated rings. The van der Waals surface area contributed by atoms with Crippen LogP contribution in [0.15, 0.2) is 13.2 Å². The molecule has 0 bridgehead atoms. The Morgan fingerprint density at radius 2 is 0.562 bits per heavy atom. The van der Waals surface area contributed by atoms with Gasteiger partial charge in [0.25, 0.3) is 0 Å². The Hall–Kier alpha value is 0.700. The monoisotopic (exact) mass is 462 g/mol. The van der Waals surface area contributed by atoms with E-state index in [0.717, 1.165) is 13.2 Å². The van der Waals surface area contributed by atoms with Crippen molar-refractivity contribution in [2.24, 2.45) is 0 Å². The Morgan fingerprint density at radius 3 is 0.781 bits per heavy atom. The van der Waals surface area contributed by atoms with Gasteiger partial charge in [-0.15, -0.1) is 13.2 Å². The molecular formula is C30H63NaO. The van der Waals surface area contributed by atoms with Gasteiger partial charge in [-0.2, -0.15) is 0 Å². The summed E-state index contributed by atoms with van der Waals surface area (Å²) in [5, 5.41) is 0. The van der Waals surface area contributed by atoms with Gasteiger partial charge in [0.2, 0.25) is 0 Å². The van der Waals surface area contributed by atoms with E-state index in [4.69, 9.17) is 4.74 Å². The van der Waals surface area contributed by atoms with Crippen molar-refractivity contribution in [3.05, 3.63) is 13.2 Å². The molecule has 0 aromatic rings. The number of hydrogen-bond donors (Lipinski definition) is 0. The summed E-state index contributed by atoms with van der Waals surface area (Å²) < 4.78 is 5.82. The summed E-state index contributed by atoms with van der Waals surface area (Å²) in [5.74, 6) is 0. The van der Waals surface area contributed by atoms with Gasteiger partial charge in [-0.1, -0.05) is 155 Å². The molecule has 0 radical (unpaired) electrons. The van der Waals surface area contributed by atoms with Gasteiger partial charge in [0.15, 0.2) is 0 Å². The SMILES string of the molecule is C=C.CCCCCCCCCCCCCCOCCCCCCCCCCCCCC.[H-].[Na+]. The fraction of sp³-hybridized carbons (Fsp3) is 0.933. The molecule has 1 nitrogen and oxygen atoms in total. The number of hydrogen-bond acceptors (Lipinski definition) is 1. The predicted molar refractivity (Wildman–Crippen MR) is 145 cm³/mol. The van der Waals surface area contributed by atoms with Crippen LogP contribution in [0.25, 0.3) is 0 Å². The average Bonchev–Trinajstić information content (AvgIpc) is 2.80. The Bertz CT molecular complexity index is 262. The van der Waals surface area contributed by atoms with Crippen molar-refractivity contribution in [3.8, 4) is 0 Å². The molecule has 0 aliphatic rings. The number of rotatable bonds is 26. The Morgan fingerprint density at radius 1 is 0.375 bits per heavy atom. The molecule has 0 spiro atoms. The molecule has 0 N–H and O–H groups in total. The standard InChI is InChI=1S/C28H58O.C2H4.Na.H/c1-3-5-7-9-11-13-15-17-19-21-23-25-27-29-28-26-24-22-20-18-16-14-12-10-8-6-4-2;1-2;;/h3-28H2,1-2H3;1-2H2;;/q;;+1;-1. The van der Waals surface area contributed by atoms with Gasteiger partial charge < -0.3 is 6.16 Å². The van der Waals surface area contributed by atoms with Crippen molar-refractivity contribution < 1.29 is 35.7 Å². The van der Waals surface area contributed by atoms with Crippen LogP contribution in [0, 0.1) is 0 Å². The van der Waals surface area contributed by atoms with Crippen LogP contribution in [0.3, 0.4) is 0 Å². The molecule has 0 unspecified atom stereocenters. The fourth-order valence-electron chi connectivity index (χ4n) is 4.19. The summed E-state index contributed by atoms with van der Waals surface area (Å²) in [7, 11) is 0. The zero-order chi connectivity index (χ0) is 23.1. The zero-order valence-electron chi connectivity index (χ0n) is 24.2. The smallest absolute Gasteiger partial charge is 1.00 e. The minimum absolute atomic E-state index is 0. The summed E-state index contributed by atoms with van der Waals surface area (Å²) in [6.07, 6.45) is 34.1. The maximum atomic E-state index is 5.82. The first kappa shape index (κ1) is 37.3. The van der Waals surface area contributed by atoms with E-state index in [1.165, 1.54) is 154 Å². The third-order valence-electron chi connectivity index (χ3n) is 6.28. The Kier molecular flexibility index (Phi) is 45.3. The summed E-state index contributed by atoms with van der Waals surface area (Å²) in [6.45, 7) is 12.6. The van der Waals surface area contributed by atoms with Gasteiger partial charge >= 0.3 is 29.6 Å². The van der Waals surface area contributed by atoms with Gasteiger partial charge in [-0.25, -0.2) is 0 Å². The molecule has 0 amide bonds. The maximum Gasteiger partial charge on any atom is 1.00 e. The van der Waals surface area contributed by atoms with Crippen molar-refractivity contribution in [2.75, 3.05) is 13.2 Å². The number of unbranched alkanes of at least 4 members (excludes halogenated alkanes) is 22. The molecule has 0 saturated carbocycles. The normalized spacial score (nSPS) is 10.4. The zero-order valence-corrected chi connectivity index (χ0v) is 25.2. The molecule has 0 aromatic carbocycles. The van der Waals surface area contributed by atoms with Crippen LogP contribution in [-0.2, 0) is 4.74 Å². The van der Waals surface area contributed by atoms with Crippen LogP contribution in [0.4, 0.5) is 0 Å². The van der Waals surface area contributed by atoms with E-state index >= 15 is 0 Å². The van der Waals surface area contributed by atoms with Crippen molar-refractivity contribution in [1.82, 2.24) is 0 Å². The van der Waals surface area contributed by atoms with Crippen molar-refractivity contribution in [2.45, 2.75) is 168 Å². The van der Waals surface area contributed by atoms with Crippen molar-refractivity contribution >= 4 is 0 Å². The van der Waals surface area contributed by atoms with Crippen LogP contribution in [0.5, 0.6) is 0 Å². The fourth-order valence-corrected chi connectivity index (χ4v) is 4.19. The van der Waals surface area contributed by atoms with E-state index in [1.54, 1.807) is 0 Å². The second kappa shape index (κ2) is 38.9. The molecule has 190 valence electrons. The summed E-state index contributed by atoms with van der Waals surface area (Å²) in [4.78, 5) is 0. The molecule has 0 aromatic heterocycles. The molecule has 0 saturated heterocycles. The second-order valence-corrected chi connectivity index (χ2v) is 9.39. The summed E-state index contributed by atoms with van der Waals surface area (Å²) >= 11 is 0. The first-order valence-electron chi connectivity index (χ1n) is 14.5. The topological polar surface area (TPSA) is 9.23 Å². The largest absolute Gasteiger partial charge is 1.00 e. The predicted octanol–water partition coefficient (Wildman–Crippen LogP) is 8.32. The third-order valence-corrected chi connectivity index (χ3v) is 6.28. The van der Waals surface area contributed by atoms with Gasteiger partial charge in [0.05, 0.1) is 0 Å². The molecule has 0 atom stereocenters. The first-order chi connectivity index (χ1) is 15.4. The van der Waals surface area contributed by atoms with Crippen LogP contribution >= 0.6 is 0 Å². The molecule has 0 heterocycles. The average molecular weight is 463 g/mol. The minimum atomic E-state index is 0. The van der Waals surface area contributed by atoms with E-state index in [9.17, 15) is 0 Å². The minimum Gasteiger partial charge on any atom is -1.00 e. The molecule has 2 heteroatoms. The van der Waals surface area contributed by atoms with Crippen molar-refractivity contribution in [3.63, 3.8) is 0 Å². The van der Waals surface area contributed by atoms with Crippen LogP contribution in [0.2, 0.25) is 0 Å². The third kappa shape index (κ3) is 38.0. The molecule has 0 aliphatic heterocycles. The van der Waals surface area contributed by atoms with Crippen molar-refractivity contribution in [1.29, 1.82) is 0 Å². The maximum absolute atomic E-state index is 5.82. The Labute approximate surface area is 229 Å². The van der Waals surface area contributed by atoms with Gasteiger partial charge in [0, 0.05) is 13.2 Å². The summed E-state index contributed by atoms with van der Waals surface area (Å²) in [6, 6.07) is 0. The molecule has 32 heavy (non-hydrogen) atoms. The van der Waals surface area contributed by atoms with Crippen LogP contribution < -0.4 is 29.6 Å².